The maximum Gasteiger partial charge on any atom is 0.241 e. The molecule has 1 aliphatic heterocycles. The van der Waals surface area contributed by atoms with Crippen molar-refractivity contribution in [2.45, 2.75) is 12.8 Å². The zero-order valence-corrected chi connectivity index (χ0v) is 11.9. The molecule has 21 heavy (non-hydrogen) atoms. The molecule has 1 aliphatic rings. The molecule has 1 fully saturated rings. The molecule has 3 rings (SSSR count). The van der Waals surface area contributed by atoms with E-state index in [4.69, 9.17) is 17.3 Å². The van der Waals surface area contributed by atoms with Gasteiger partial charge in [-0.2, -0.15) is 15.0 Å². The zero-order valence-electron chi connectivity index (χ0n) is 11.2. The Balaban J connectivity index is 1.90. The van der Waals surface area contributed by atoms with Gasteiger partial charge in [0, 0.05) is 25.5 Å². The molecule has 1 amide bonds. The number of hydrogen-bond donors (Lipinski definition) is 1. The summed E-state index contributed by atoms with van der Waals surface area (Å²) in [5, 5.41) is 0.102. The summed E-state index contributed by atoms with van der Waals surface area (Å²) < 4.78 is 1.65. The number of hydrogen-bond acceptors (Lipinski definition) is 6. The van der Waals surface area contributed by atoms with Crippen LogP contribution in [0.25, 0.3) is 5.95 Å². The lowest BCUT2D eigenvalue weighted by molar-refractivity contribution is -0.122. The van der Waals surface area contributed by atoms with Gasteiger partial charge in [0.2, 0.25) is 23.1 Å². The van der Waals surface area contributed by atoms with Crippen molar-refractivity contribution in [2.24, 2.45) is 11.7 Å². The van der Waals surface area contributed by atoms with Gasteiger partial charge in [0.15, 0.2) is 0 Å². The Morgan fingerprint density at radius 3 is 2.86 bits per heavy atom. The third-order valence-corrected chi connectivity index (χ3v) is 3.60. The lowest BCUT2D eigenvalue weighted by atomic mass is 9.98. The second kappa shape index (κ2) is 5.65. The van der Waals surface area contributed by atoms with Crippen LogP contribution >= 0.6 is 11.6 Å². The normalized spacial score (nSPS) is 18.7. The van der Waals surface area contributed by atoms with Crippen LogP contribution in [0.3, 0.4) is 0 Å². The summed E-state index contributed by atoms with van der Waals surface area (Å²) >= 11 is 5.97. The first kappa shape index (κ1) is 13.7. The number of nitrogens with zero attached hydrogens (tertiary/aromatic N) is 6. The quantitative estimate of drug-likeness (QED) is 0.881. The molecule has 0 radical (unpaired) electrons. The Labute approximate surface area is 126 Å². The van der Waals surface area contributed by atoms with E-state index in [1.165, 1.54) is 0 Å². The standard InChI is InChI=1S/C12H14ClN7O/c13-10-16-11(18-12(17-10)20-5-3-15-7-20)19-4-1-2-8(6-19)9(14)21/h3,5,7-8H,1-2,4,6H2,(H2,14,21). The summed E-state index contributed by atoms with van der Waals surface area (Å²) in [4.78, 5) is 29.8. The average Bonchev–Trinajstić information content (AvgIpc) is 3.01. The molecule has 1 atom stereocenters. The van der Waals surface area contributed by atoms with Crippen molar-refractivity contribution in [3.05, 3.63) is 24.0 Å². The molecule has 0 bridgehead atoms. The molecular weight excluding hydrogens is 294 g/mol. The monoisotopic (exact) mass is 307 g/mol. The number of aromatic nitrogens is 5. The molecule has 110 valence electrons. The largest absolute Gasteiger partial charge is 0.369 e. The summed E-state index contributed by atoms with van der Waals surface area (Å²) in [6.07, 6.45) is 6.58. The minimum Gasteiger partial charge on any atom is -0.369 e. The van der Waals surface area contributed by atoms with Crippen LogP contribution in [0, 0.1) is 5.92 Å². The first-order valence-electron chi connectivity index (χ1n) is 6.57. The van der Waals surface area contributed by atoms with E-state index in [-0.39, 0.29) is 17.1 Å². The van der Waals surface area contributed by atoms with Crippen molar-refractivity contribution in [1.29, 1.82) is 0 Å². The first-order valence-corrected chi connectivity index (χ1v) is 6.95. The Morgan fingerprint density at radius 1 is 1.33 bits per heavy atom. The van der Waals surface area contributed by atoms with Crippen molar-refractivity contribution < 1.29 is 4.79 Å². The van der Waals surface area contributed by atoms with Crippen molar-refractivity contribution in [3.63, 3.8) is 0 Å². The molecule has 8 nitrogen and oxygen atoms in total. The highest BCUT2D eigenvalue weighted by molar-refractivity contribution is 6.28. The third kappa shape index (κ3) is 2.94. The van der Waals surface area contributed by atoms with E-state index in [1.807, 2.05) is 4.90 Å². The third-order valence-electron chi connectivity index (χ3n) is 3.43. The van der Waals surface area contributed by atoms with Gasteiger partial charge in [-0.1, -0.05) is 0 Å². The molecule has 2 aromatic rings. The Bertz CT molecular complexity index is 645. The molecule has 1 saturated heterocycles. The van der Waals surface area contributed by atoms with Crippen molar-refractivity contribution in [1.82, 2.24) is 24.5 Å². The van der Waals surface area contributed by atoms with Crippen molar-refractivity contribution in [2.75, 3.05) is 18.0 Å². The van der Waals surface area contributed by atoms with Crippen LogP contribution in [0.2, 0.25) is 5.28 Å². The predicted octanol–water partition coefficient (Wildman–Crippen LogP) is 0.412. The summed E-state index contributed by atoms with van der Waals surface area (Å²) in [7, 11) is 0. The number of piperidine rings is 1. The summed E-state index contributed by atoms with van der Waals surface area (Å²) in [6.45, 7) is 1.26. The van der Waals surface area contributed by atoms with Crippen LogP contribution < -0.4 is 10.6 Å². The lowest BCUT2D eigenvalue weighted by Crippen LogP contribution is -2.42. The maximum absolute atomic E-state index is 11.4. The molecule has 0 saturated carbocycles. The van der Waals surface area contributed by atoms with Crippen LogP contribution in [-0.4, -0.2) is 43.5 Å². The minimum atomic E-state index is -0.297. The number of carbonyl (C=O) groups is 1. The fourth-order valence-electron chi connectivity index (χ4n) is 2.35. The Hall–Kier alpha value is -2.22. The van der Waals surface area contributed by atoms with Gasteiger partial charge in [0.05, 0.1) is 5.92 Å². The van der Waals surface area contributed by atoms with Crippen molar-refractivity contribution in [3.8, 4) is 5.95 Å². The van der Waals surface area contributed by atoms with Crippen LogP contribution in [0.1, 0.15) is 12.8 Å². The van der Waals surface area contributed by atoms with E-state index in [0.717, 1.165) is 19.4 Å². The number of carbonyl (C=O) groups excluding carboxylic acids is 1. The minimum absolute atomic E-state index is 0.102. The van der Waals surface area contributed by atoms with Gasteiger partial charge in [-0.15, -0.1) is 0 Å². The summed E-state index contributed by atoms with van der Waals surface area (Å²) in [6, 6.07) is 0. The molecule has 2 N–H and O–H groups in total. The van der Waals surface area contributed by atoms with Gasteiger partial charge in [-0.25, -0.2) is 4.98 Å². The van der Waals surface area contributed by atoms with E-state index < -0.39 is 0 Å². The van der Waals surface area contributed by atoms with Gasteiger partial charge >= 0.3 is 0 Å². The SMILES string of the molecule is NC(=O)C1CCCN(c2nc(Cl)nc(-n3ccnc3)n2)C1. The number of anilines is 1. The van der Waals surface area contributed by atoms with Crippen LogP contribution in [0.5, 0.6) is 0 Å². The number of imidazole rings is 1. The highest BCUT2D eigenvalue weighted by Gasteiger charge is 2.26. The van der Waals surface area contributed by atoms with Gasteiger partial charge in [0.1, 0.15) is 6.33 Å². The maximum atomic E-state index is 11.4. The predicted molar refractivity (Wildman–Crippen MR) is 76.1 cm³/mol. The van der Waals surface area contributed by atoms with Gasteiger partial charge < -0.3 is 10.6 Å². The van der Waals surface area contributed by atoms with Crippen molar-refractivity contribution >= 4 is 23.5 Å². The van der Waals surface area contributed by atoms with E-state index in [0.29, 0.717) is 18.4 Å². The highest BCUT2D eigenvalue weighted by Crippen LogP contribution is 2.21. The molecule has 1 unspecified atom stereocenters. The average molecular weight is 308 g/mol. The molecule has 9 heteroatoms. The first-order chi connectivity index (χ1) is 10.1. The van der Waals surface area contributed by atoms with E-state index in [1.54, 1.807) is 23.3 Å². The molecule has 2 aromatic heterocycles. The molecule has 0 aromatic carbocycles. The van der Waals surface area contributed by atoms with Crippen LogP contribution in [-0.2, 0) is 4.79 Å². The molecule has 0 aliphatic carbocycles. The Morgan fingerprint density at radius 2 is 2.14 bits per heavy atom. The second-order valence-corrected chi connectivity index (χ2v) is 5.20. The number of amides is 1. The fraction of sp³-hybridized carbons (Fsp3) is 0.417. The fourth-order valence-corrected chi connectivity index (χ4v) is 2.51. The number of nitrogens with two attached hydrogens (primary N) is 1. The topological polar surface area (TPSA) is 103 Å². The lowest BCUT2D eigenvalue weighted by Gasteiger charge is -2.31. The summed E-state index contributed by atoms with van der Waals surface area (Å²) in [5.74, 6) is 0.356. The molecule has 0 spiro atoms. The molecule has 3 heterocycles. The van der Waals surface area contributed by atoms with Crippen LogP contribution in [0.4, 0.5) is 5.95 Å². The second-order valence-electron chi connectivity index (χ2n) is 4.86. The zero-order chi connectivity index (χ0) is 14.8. The van der Waals surface area contributed by atoms with Crippen LogP contribution in [0.15, 0.2) is 18.7 Å². The van der Waals surface area contributed by atoms with E-state index >= 15 is 0 Å². The number of primary amides is 1. The number of halogens is 1. The highest BCUT2D eigenvalue weighted by atomic mass is 35.5. The molecular formula is C12H14ClN7O. The van der Waals surface area contributed by atoms with Gasteiger partial charge in [-0.05, 0) is 24.4 Å². The Kier molecular flexibility index (Phi) is 3.70. The van der Waals surface area contributed by atoms with E-state index in [9.17, 15) is 4.79 Å². The number of rotatable bonds is 3. The summed E-state index contributed by atoms with van der Waals surface area (Å²) in [5.41, 5.74) is 5.39. The van der Waals surface area contributed by atoms with E-state index in [2.05, 4.69) is 19.9 Å². The van der Waals surface area contributed by atoms with Gasteiger partial charge in [-0.3, -0.25) is 9.36 Å². The smallest absolute Gasteiger partial charge is 0.241 e. The van der Waals surface area contributed by atoms with Gasteiger partial charge in [0.25, 0.3) is 0 Å².